The van der Waals surface area contributed by atoms with E-state index in [9.17, 15) is 9.59 Å². The van der Waals surface area contributed by atoms with Crippen molar-refractivity contribution in [1.29, 1.82) is 0 Å². The van der Waals surface area contributed by atoms with E-state index in [0.29, 0.717) is 5.92 Å². The molecule has 1 aliphatic rings. The molecule has 1 saturated carbocycles. The second-order valence-electron chi connectivity index (χ2n) is 6.36. The van der Waals surface area contributed by atoms with Crippen LogP contribution in [-0.2, 0) is 16.0 Å². The van der Waals surface area contributed by atoms with Crippen molar-refractivity contribution in [2.24, 2.45) is 5.92 Å². The van der Waals surface area contributed by atoms with E-state index < -0.39 is 5.97 Å². The van der Waals surface area contributed by atoms with Gasteiger partial charge in [-0.2, -0.15) is 0 Å². The first-order chi connectivity index (χ1) is 12.1. The summed E-state index contributed by atoms with van der Waals surface area (Å²) in [7, 11) is 0. The Morgan fingerprint density at radius 3 is 2.68 bits per heavy atom. The normalized spacial score (nSPS) is 14.8. The summed E-state index contributed by atoms with van der Waals surface area (Å²) < 4.78 is 5.07. The van der Waals surface area contributed by atoms with Crippen LogP contribution in [0.2, 0.25) is 0 Å². The van der Waals surface area contributed by atoms with Gasteiger partial charge in [0.15, 0.2) is 12.3 Å². The van der Waals surface area contributed by atoms with Gasteiger partial charge in [0.05, 0.1) is 0 Å². The van der Waals surface area contributed by atoms with Crippen molar-refractivity contribution in [3.63, 3.8) is 0 Å². The Morgan fingerprint density at radius 1 is 1.32 bits per heavy atom. The number of amides is 1. The summed E-state index contributed by atoms with van der Waals surface area (Å²) >= 11 is 1.39. The average molecular weight is 358 g/mol. The lowest BCUT2D eigenvalue weighted by molar-refractivity contribution is -0.125. The number of carbonyl (C=O) groups is 2. The molecule has 6 heteroatoms. The third-order valence-corrected chi connectivity index (χ3v) is 5.27. The molecule has 3 rings (SSSR count). The van der Waals surface area contributed by atoms with E-state index in [1.165, 1.54) is 16.9 Å². The number of thiazole rings is 1. The third kappa shape index (κ3) is 4.66. The minimum absolute atomic E-state index is 0.142. The zero-order valence-corrected chi connectivity index (χ0v) is 15.3. The lowest BCUT2D eigenvalue weighted by atomic mass is 10.1. The fourth-order valence-electron chi connectivity index (χ4n) is 2.60. The molecule has 1 N–H and O–H groups in total. The summed E-state index contributed by atoms with van der Waals surface area (Å²) in [5.74, 6) is -0.264. The monoisotopic (exact) mass is 358 g/mol. The van der Waals surface area contributed by atoms with Gasteiger partial charge in [-0.3, -0.25) is 4.79 Å². The number of nitrogens with zero attached hydrogens (tertiary/aromatic N) is 1. The van der Waals surface area contributed by atoms with Crippen LogP contribution in [0.4, 0.5) is 0 Å². The highest BCUT2D eigenvalue weighted by Gasteiger charge is 2.29. The Hall–Kier alpha value is -2.21. The molecule has 1 atom stereocenters. The summed E-state index contributed by atoms with van der Waals surface area (Å²) in [5.41, 5.74) is 2.46. The minimum atomic E-state index is -0.568. The molecular weight excluding hydrogens is 336 g/mol. The Kier molecular flexibility index (Phi) is 5.48. The van der Waals surface area contributed by atoms with Crippen molar-refractivity contribution < 1.29 is 14.3 Å². The van der Waals surface area contributed by atoms with Crippen LogP contribution >= 0.6 is 11.3 Å². The number of hydrogen-bond donors (Lipinski definition) is 1. The van der Waals surface area contributed by atoms with Crippen molar-refractivity contribution in [2.75, 3.05) is 6.61 Å². The molecular formula is C19H22N2O3S. The van der Waals surface area contributed by atoms with Gasteiger partial charge in [-0.15, -0.1) is 11.3 Å². The maximum absolute atomic E-state index is 12.1. The fraction of sp³-hybridized carbons (Fsp3) is 0.421. The van der Waals surface area contributed by atoms with E-state index in [0.717, 1.165) is 29.8 Å². The van der Waals surface area contributed by atoms with Crippen molar-refractivity contribution in [3.05, 3.63) is 40.9 Å². The Balaban J connectivity index is 1.53. The molecule has 1 heterocycles. The van der Waals surface area contributed by atoms with Crippen LogP contribution in [0.1, 0.15) is 42.7 Å². The van der Waals surface area contributed by atoms with Gasteiger partial charge in [0.25, 0.3) is 5.91 Å². The molecule has 0 bridgehead atoms. The molecule has 0 saturated heterocycles. The quantitative estimate of drug-likeness (QED) is 0.770. The number of aromatic nitrogens is 1. The number of carbonyl (C=O) groups excluding carboxylic acids is 2. The maximum atomic E-state index is 12.1. The predicted molar refractivity (Wildman–Crippen MR) is 97.5 cm³/mol. The Labute approximate surface area is 151 Å². The number of benzene rings is 1. The van der Waals surface area contributed by atoms with Crippen LogP contribution in [0.15, 0.2) is 29.6 Å². The van der Waals surface area contributed by atoms with Gasteiger partial charge < -0.3 is 10.1 Å². The number of esters is 1. The molecule has 0 aliphatic heterocycles. The van der Waals surface area contributed by atoms with E-state index in [1.807, 2.05) is 19.1 Å². The molecule has 0 spiro atoms. The molecule has 1 aliphatic carbocycles. The topological polar surface area (TPSA) is 68.3 Å². The van der Waals surface area contributed by atoms with E-state index in [2.05, 4.69) is 29.4 Å². The van der Waals surface area contributed by atoms with Crippen LogP contribution in [-0.4, -0.2) is 29.5 Å². The minimum Gasteiger partial charge on any atom is -0.451 e. The number of rotatable bonds is 7. The fourth-order valence-corrected chi connectivity index (χ4v) is 3.39. The molecule has 0 unspecified atom stereocenters. The first-order valence-electron chi connectivity index (χ1n) is 8.58. The number of nitrogens with one attached hydrogen (secondary N) is 1. The second-order valence-corrected chi connectivity index (χ2v) is 7.22. The molecule has 2 aromatic rings. The van der Waals surface area contributed by atoms with Crippen molar-refractivity contribution >= 4 is 23.2 Å². The smallest absolute Gasteiger partial charge is 0.358 e. The van der Waals surface area contributed by atoms with Gasteiger partial charge in [0.1, 0.15) is 5.01 Å². The lowest BCUT2D eigenvalue weighted by Gasteiger charge is -2.12. The zero-order valence-electron chi connectivity index (χ0n) is 14.5. The first kappa shape index (κ1) is 17.6. The van der Waals surface area contributed by atoms with E-state index >= 15 is 0 Å². The standard InChI is InChI=1S/C19H22N2O3S/c1-3-13-4-6-15(7-5-13)18-21-16(11-25-18)19(23)24-10-17(22)20-12(2)14-8-9-14/h4-7,11-12,14H,3,8-10H2,1-2H3,(H,20,22)/t12-/m0/s1. The zero-order chi connectivity index (χ0) is 17.8. The Bertz CT molecular complexity index is 750. The highest BCUT2D eigenvalue weighted by atomic mass is 32.1. The van der Waals surface area contributed by atoms with E-state index in [-0.39, 0.29) is 24.2 Å². The highest BCUT2D eigenvalue weighted by molar-refractivity contribution is 7.13. The summed E-state index contributed by atoms with van der Waals surface area (Å²) in [6.07, 6.45) is 3.29. The molecule has 1 aromatic heterocycles. The highest BCUT2D eigenvalue weighted by Crippen LogP contribution is 2.32. The van der Waals surface area contributed by atoms with Crippen molar-refractivity contribution in [3.8, 4) is 10.6 Å². The molecule has 25 heavy (non-hydrogen) atoms. The van der Waals surface area contributed by atoms with E-state index in [4.69, 9.17) is 4.74 Å². The first-order valence-corrected chi connectivity index (χ1v) is 9.46. The third-order valence-electron chi connectivity index (χ3n) is 4.37. The number of hydrogen-bond acceptors (Lipinski definition) is 5. The summed E-state index contributed by atoms with van der Waals surface area (Å²) in [6.45, 7) is 3.82. The van der Waals surface area contributed by atoms with Crippen LogP contribution in [0, 0.1) is 5.92 Å². The van der Waals surface area contributed by atoms with Crippen LogP contribution in [0.25, 0.3) is 10.6 Å². The average Bonchev–Trinajstić information content (AvgIpc) is 3.37. The van der Waals surface area contributed by atoms with Gasteiger partial charge >= 0.3 is 5.97 Å². The van der Waals surface area contributed by atoms with Crippen LogP contribution < -0.4 is 5.32 Å². The number of ether oxygens (including phenoxy) is 1. The number of aryl methyl sites for hydroxylation is 1. The molecule has 132 valence electrons. The largest absolute Gasteiger partial charge is 0.451 e. The molecule has 1 fully saturated rings. The van der Waals surface area contributed by atoms with Gasteiger partial charge in [-0.05, 0) is 37.7 Å². The molecule has 1 amide bonds. The summed E-state index contributed by atoms with van der Waals surface area (Å²) in [5, 5.41) is 5.28. The maximum Gasteiger partial charge on any atom is 0.358 e. The Morgan fingerprint density at radius 2 is 2.04 bits per heavy atom. The summed E-state index contributed by atoms with van der Waals surface area (Å²) in [4.78, 5) is 28.2. The SMILES string of the molecule is CCc1ccc(-c2nc(C(=O)OCC(=O)N[C@@H](C)C3CC3)cs2)cc1. The molecule has 0 radical (unpaired) electrons. The van der Waals surface area contributed by atoms with Gasteiger partial charge in [0, 0.05) is 17.0 Å². The molecule has 1 aromatic carbocycles. The van der Waals surface area contributed by atoms with Gasteiger partial charge in [-0.25, -0.2) is 9.78 Å². The van der Waals surface area contributed by atoms with Crippen molar-refractivity contribution in [1.82, 2.24) is 10.3 Å². The molecule has 5 nitrogen and oxygen atoms in total. The second kappa shape index (κ2) is 7.78. The van der Waals surface area contributed by atoms with E-state index in [1.54, 1.807) is 5.38 Å². The van der Waals surface area contributed by atoms with Crippen molar-refractivity contribution in [2.45, 2.75) is 39.2 Å². The lowest BCUT2D eigenvalue weighted by Crippen LogP contribution is -2.37. The van der Waals surface area contributed by atoms with Crippen LogP contribution in [0.3, 0.4) is 0 Å². The van der Waals surface area contributed by atoms with Crippen LogP contribution in [0.5, 0.6) is 0 Å². The van der Waals surface area contributed by atoms with Gasteiger partial charge in [-0.1, -0.05) is 31.2 Å². The predicted octanol–water partition coefficient (Wildman–Crippen LogP) is 3.44. The van der Waals surface area contributed by atoms with Gasteiger partial charge in [0.2, 0.25) is 0 Å². The summed E-state index contributed by atoms with van der Waals surface area (Å²) in [6, 6.07) is 8.25.